The van der Waals surface area contributed by atoms with E-state index in [9.17, 15) is 8.42 Å². The second-order valence-corrected chi connectivity index (χ2v) is 10.9. The standard InChI is InChI=1S/C28H29N3O2S/c1-2-22-13-14-26-25(19-22)28(27(20-29-26)34(32,33)24-11-7-4-8-12-24)31-17-15-30(16-18-31)21-23-9-5-3-6-10-23/h3-14,19-20H,2,15-18,21H2,1H3/p+2. The summed E-state index contributed by atoms with van der Waals surface area (Å²) in [5, 5.41) is 0.975. The Bertz CT molecular complexity index is 1380. The van der Waals surface area contributed by atoms with E-state index in [4.69, 9.17) is 0 Å². The van der Waals surface area contributed by atoms with Gasteiger partial charge in [-0.1, -0.05) is 61.5 Å². The first-order valence-corrected chi connectivity index (χ1v) is 13.4. The van der Waals surface area contributed by atoms with Gasteiger partial charge in [-0.05, 0) is 30.2 Å². The number of anilines is 1. The van der Waals surface area contributed by atoms with Crippen molar-refractivity contribution in [1.82, 2.24) is 0 Å². The molecule has 0 radical (unpaired) electrons. The van der Waals surface area contributed by atoms with E-state index in [1.807, 2.05) is 12.1 Å². The highest BCUT2D eigenvalue weighted by Gasteiger charge is 2.31. The molecule has 6 heteroatoms. The fourth-order valence-electron chi connectivity index (χ4n) is 4.84. The molecule has 1 saturated heterocycles. The van der Waals surface area contributed by atoms with Crippen molar-refractivity contribution in [3.63, 3.8) is 0 Å². The number of pyridine rings is 1. The van der Waals surface area contributed by atoms with Crippen molar-refractivity contribution in [2.45, 2.75) is 29.7 Å². The van der Waals surface area contributed by atoms with Crippen LogP contribution in [0.5, 0.6) is 0 Å². The third-order valence-electron chi connectivity index (χ3n) is 6.77. The molecule has 1 aromatic heterocycles. The minimum atomic E-state index is -3.67. The maximum absolute atomic E-state index is 13.7. The second kappa shape index (κ2) is 9.57. The lowest BCUT2D eigenvalue weighted by Gasteiger charge is -2.34. The average Bonchev–Trinajstić information content (AvgIpc) is 2.89. The SMILES string of the molecule is CCc1ccc2[nH+]cc(S(=O)(=O)c3ccccc3)c(N3CC[NH+](Cc4ccccc4)CC3)c2c1. The molecule has 1 aliphatic heterocycles. The number of aryl methyl sites for hydroxylation is 1. The highest BCUT2D eigenvalue weighted by Crippen LogP contribution is 2.35. The molecule has 0 aliphatic carbocycles. The number of aromatic amines is 1. The maximum atomic E-state index is 13.7. The van der Waals surface area contributed by atoms with Gasteiger partial charge in [0.05, 0.1) is 42.1 Å². The van der Waals surface area contributed by atoms with E-state index >= 15 is 0 Å². The molecule has 5 nitrogen and oxygen atoms in total. The first-order valence-electron chi connectivity index (χ1n) is 12.0. The smallest absolute Gasteiger partial charge is 0.214 e. The quantitative estimate of drug-likeness (QED) is 0.469. The van der Waals surface area contributed by atoms with Crippen molar-refractivity contribution >= 4 is 26.4 Å². The topological polar surface area (TPSA) is 56.0 Å². The van der Waals surface area contributed by atoms with Gasteiger partial charge < -0.3 is 9.80 Å². The van der Waals surface area contributed by atoms with Gasteiger partial charge in [-0.2, -0.15) is 0 Å². The van der Waals surface area contributed by atoms with Crippen molar-refractivity contribution in [3.05, 3.63) is 96.2 Å². The molecule has 1 fully saturated rings. The van der Waals surface area contributed by atoms with E-state index in [0.717, 1.165) is 55.7 Å². The molecule has 5 rings (SSSR count). The van der Waals surface area contributed by atoms with Crippen LogP contribution >= 0.6 is 0 Å². The highest BCUT2D eigenvalue weighted by atomic mass is 32.2. The van der Waals surface area contributed by atoms with E-state index in [1.54, 1.807) is 30.5 Å². The van der Waals surface area contributed by atoms with Gasteiger partial charge in [-0.3, -0.25) is 0 Å². The van der Waals surface area contributed by atoms with Crippen LogP contribution in [0.3, 0.4) is 0 Å². The van der Waals surface area contributed by atoms with E-state index < -0.39 is 9.84 Å². The minimum Gasteiger partial charge on any atom is -0.358 e. The number of hydrogen-bond acceptors (Lipinski definition) is 3. The zero-order valence-corrected chi connectivity index (χ0v) is 20.3. The Morgan fingerprint density at radius 2 is 1.56 bits per heavy atom. The normalized spacial score (nSPS) is 15.0. The van der Waals surface area contributed by atoms with E-state index in [-0.39, 0.29) is 0 Å². The number of nitrogens with one attached hydrogen (secondary N) is 2. The molecule has 0 amide bonds. The number of benzene rings is 3. The fraction of sp³-hybridized carbons (Fsp3) is 0.250. The van der Waals surface area contributed by atoms with E-state index in [0.29, 0.717) is 9.79 Å². The van der Waals surface area contributed by atoms with Crippen LogP contribution in [0.15, 0.2) is 94.9 Å². The Morgan fingerprint density at radius 1 is 0.882 bits per heavy atom. The van der Waals surface area contributed by atoms with Crippen LogP contribution in [0.2, 0.25) is 0 Å². The van der Waals surface area contributed by atoms with Gasteiger partial charge >= 0.3 is 0 Å². The molecule has 0 unspecified atom stereocenters. The molecular formula is C28H31N3O2S+2. The predicted molar refractivity (Wildman–Crippen MR) is 135 cm³/mol. The summed E-state index contributed by atoms with van der Waals surface area (Å²) in [7, 11) is -3.67. The summed E-state index contributed by atoms with van der Waals surface area (Å²) in [6.07, 6.45) is 2.58. The Morgan fingerprint density at radius 3 is 2.24 bits per heavy atom. The van der Waals surface area contributed by atoms with Gasteiger partial charge in [-0.25, -0.2) is 13.4 Å². The van der Waals surface area contributed by atoms with Crippen LogP contribution in [0.1, 0.15) is 18.1 Å². The minimum absolute atomic E-state index is 0.323. The average molecular weight is 474 g/mol. The van der Waals surface area contributed by atoms with Crippen molar-refractivity contribution in [2.75, 3.05) is 31.1 Å². The van der Waals surface area contributed by atoms with E-state index in [2.05, 4.69) is 59.3 Å². The molecule has 1 aliphatic rings. The molecule has 174 valence electrons. The number of nitrogens with zero attached hydrogens (tertiary/aromatic N) is 1. The molecule has 2 heterocycles. The lowest BCUT2D eigenvalue weighted by molar-refractivity contribution is -0.914. The van der Waals surface area contributed by atoms with Crippen LogP contribution in [-0.2, 0) is 22.8 Å². The van der Waals surface area contributed by atoms with Crippen LogP contribution in [-0.4, -0.2) is 34.6 Å². The molecular weight excluding hydrogens is 442 g/mol. The summed E-state index contributed by atoms with van der Waals surface area (Å²) in [6, 6.07) is 25.6. The fourth-order valence-corrected chi connectivity index (χ4v) is 6.32. The molecule has 0 spiro atoms. The molecule has 3 aromatic carbocycles. The van der Waals surface area contributed by atoms with Gasteiger partial charge in [0.15, 0.2) is 11.1 Å². The number of rotatable bonds is 6. The number of quaternary nitrogens is 1. The summed E-state index contributed by atoms with van der Waals surface area (Å²) >= 11 is 0. The van der Waals surface area contributed by atoms with Crippen LogP contribution in [0, 0.1) is 0 Å². The number of aromatic nitrogens is 1. The first kappa shape index (κ1) is 22.6. The Hall–Kier alpha value is -3.22. The summed E-state index contributed by atoms with van der Waals surface area (Å²) < 4.78 is 27.5. The van der Waals surface area contributed by atoms with Crippen molar-refractivity contribution in [2.24, 2.45) is 0 Å². The number of sulfone groups is 1. The Labute approximate surface area is 201 Å². The predicted octanol–water partition coefficient (Wildman–Crippen LogP) is 2.95. The van der Waals surface area contributed by atoms with Crippen LogP contribution in [0.4, 0.5) is 5.69 Å². The van der Waals surface area contributed by atoms with Gasteiger partial charge in [0.25, 0.3) is 0 Å². The summed E-state index contributed by atoms with van der Waals surface area (Å²) in [5.74, 6) is 0. The molecule has 0 saturated carbocycles. The van der Waals surface area contributed by atoms with Gasteiger partial charge in [0.2, 0.25) is 15.4 Å². The monoisotopic (exact) mass is 473 g/mol. The third kappa shape index (κ3) is 4.43. The summed E-state index contributed by atoms with van der Waals surface area (Å²) in [6.45, 7) is 6.68. The maximum Gasteiger partial charge on any atom is 0.214 e. The molecule has 34 heavy (non-hydrogen) atoms. The van der Waals surface area contributed by atoms with Crippen LogP contribution in [0.25, 0.3) is 10.9 Å². The van der Waals surface area contributed by atoms with E-state index in [1.165, 1.54) is 16.0 Å². The summed E-state index contributed by atoms with van der Waals surface area (Å²) in [5.41, 5.74) is 4.32. The number of fused-ring (bicyclic) bond motifs is 1. The molecule has 0 atom stereocenters. The second-order valence-electron chi connectivity index (χ2n) is 8.95. The van der Waals surface area contributed by atoms with Gasteiger partial charge in [0.1, 0.15) is 6.54 Å². The van der Waals surface area contributed by atoms with Gasteiger partial charge in [0, 0.05) is 11.6 Å². The van der Waals surface area contributed by atoms with Gasteiger partial charge in [-0.15, -0.1) is 0 Å². The number of hydrogen-bond donors (Lipinski definition) is 1. The van der Waals surface area contributed by atoms with Crippen molar-refractivity contribution < 1.29 is 18.3 Å². The van der Waals surface area contributed by atoms with Crippen molar-refractivity contribution in [1.29, 1.82) is 0 Å². The third-order valence-corrected chi connectivity index (χ3v) is 8.55. The molecule has 0 bridgehead atoms. The number of piperazine rings is 1. The Balaban J connectivity index is 1.54. The zero-order chi connectivity index (χ0) is 23.5. The van der Waals surface area contributed by atoms with Crippen molar-refractivity contribution in [3.8, 4) is 0 Å². The lowest BCUT2D eigenvalue weighted by Crippen LogP contribution is -3.13. The lowest BCUT2D eigenvalue weighted by atomic mass is 10.1. The molecule has 4 aromatic rings. The summed E-state index contributed by atoms with van der Waals surface area (Å²) in [4.78, 5) is 7.73. The first-order chi connectivity index (χ1) is 16.6. The highest BCUT2D eigenvalue weighted by molar-refractivity contribution is 7.91. The number of H-pyrrole nitrogens is 1. The zero-order valence-electron chi connectivity index (χ0n) is 19.5. The Kier molecular flexibility index (Phi) is 6.35. The molecule has 2 N–H and O–H groups in total. The largest absolute Gasteiger partial charge is 0.358 e. The van der Waals surface area contributed by atoms with Crippen LogP contribution < -0.4 is 14.8 Å².